The van der Waals surface area contributed by atoms with E-state index in [1.165, 1.54) is 4.40 Å². The van der Waals surface area contributed by atoms with Gasteiger partial charge in [0.2, 0.25) is 0 Å². The van der Waals surface area contributed by atoms with Crippen LogP contribution < -0.4 is 0 Å². The number of hydrogen-bond acceptors (Lipinski definition) is 2. The summed E-state index contributed by atoms with van der Waals surface area (Å²) in [5, 5.41) is 9.71. The molecule has 2 aromatic heterocycles. The largest absolute Gasteiger partial charge is 0.287 e. The van der Waals surface area contributed by atoms with E-state index in [2.05, 4.69) is 4.98 Å². The average Bonchev–Trinajstić information content (AvgIpc) is 2.41. The highest BCUT2D eigenvalue weighted by atomic mass is 35.5. The quantitative estimate of drug-likeness (QED) is 0.716. The number of nitrogens with zero attached hydrogens (tertiary/aromatic N) is 3. The molecule has 2 rings (SSSR count). The molecule has 0 fully saturated rings. The zero-order chi connectivity index (χ0) is 10.3. The standard InChI is InChI=1S/C8H2Cl3N3/c9-4-1-5(10)8-13-7(11)6(2-12)14(8)3-4/h1,3H. The maximum atomic E-state index is 8.81. The maximum absolute atomic E-state index is 8.81. The van der Waals surface area contributed by atoms with Crippen molar-refractivity contribution < 1.29 is 0 Å². The minimum atomic E-state index is 0.122. The summed E-state index contributed by atoms with van der Waals surface area (Å²) in [7, 11) is 0. The van der Waals surface area contributed by atoms with Crippen molar-refractivity contribution in [1.29, 1.82) is 5.26 Å². The molecule has 2 heterocycles. The molecule has 6 heteroatoms. The Balaban J connectivity index is 2.97. The van der Waals surface area contributed by atoms with Crippen LogP contribution in [0.25, 0.3) is 5.65 Å². The molecule has 0 spiro atoms. The van der Waals surface area contributed by atoms with Crippen molar-refractivity contribution in [3.05, 3.63) is 33.2 Å². The number of hydrogen-bond donors (Lipinski definition) is 0. The van der Waals surface area contributed by atoms with E-state index in [0.717, 1.165) is 0 Å². The number of aromatic nitrogens is 2. The molecule has 14 heavy (non-hydrogen) atoms. The smallest absolute Gasteiger partial charge is 0.166 e. The summed E-state index contributed by atoms with van der Waals surface area (Å²) in [6.07, 6.45) is 1.54. The first-order chi connectivity index (χ1) is 6.63. The predicted octanol–water partition coefficient (Wildman–Crippen LogP) is 3.17. The van der Waals surface area contributed by atoms with Crippen molar-refractivity contribution >= 4 is 40.4 Å². The Morgan fingerprint density at radius 1 is 1.36 bits per heavy atom. The van der Waals surface area contributed by atoms with E-state index >= 15 is 0 Å². The second-order valence-electron chi connectivity index (χ2n) is 2.56. The molecule has 3 nitrogen and oxygen atoms in total. The van der Waals surface area contributed by atoms with Crippen LogP contribution in [0.1, 0.15) is 5.69 Å². The Morgan fingerprint density at radius 3 is 2.71 bits per heavy atom. The van der Waals surface area contributed by atoms with Crippen LogP contribution in [-0.2, 0) is 0 Å². The summed E-state index contributed by atoms with van der Waals surface area (Å²) < 4.78 is 1.47. The van der Waals surface area contributed by atoms with Gasteiger partial charge in [-0.15, -0.1) is 0 Å². The zero-order valence-electron chi connectivity index (χ0n) is 6.63. The number of pyridine rings is 1. The van der Waals surface area contributed by atoms with Crippen LogP contribution in [0, 0.1) is 11.3 Å². The second kappa shape index (κ2) is 3.32. The molecule has 0 aliphatic rings. The predicted molar refractivity (Wildman–Crippen MR) is 54.9 cm³/mol. The maximum Gasteiger partial charge on any atom is 0.166 e. The van der Waals surface area contributed by atoms with E-state index in [0.29, 0.717) is 15.7 Å². The van der Waals surface area contributed by atoms with Crippen molar-refractivity contribution in [2.45, 2.75) is 0 Å². The van der Waals surface area contributed by atoms with Gasteiger partial charge in [0.05, 0.1) is 10.0 Å². The molecule has 0 unspecified atom stereocenters. The van der Waals surface area contributed by atoms with Crippen LogP contribution in [-0.4, -0.2) is 9.38 Å². The van der Waals surface area contributed by atoms with Crippen LogP contribution in [0.2, 0.25) is 15.2 Å². The molecule has 70 valence electrons. The highest BCUT2D eigenvalue weighted by molar-refractivity contribution is 6.37. The van der Waals surface area contributed by atoms with Gasteiger partial charge in [-0.25, -0.2) is 4.98 Å². The zero-order valence-corrected chi connectivity index (χ0v) is 8.90. The van der Waals surface area contributed by atoms with Crippen molar-refractivity contribution in [1.82, 2.24) is 9.38 Å². The van der Waals surface area contributed by atoms with Gasteiger partial charge in [-0.05, 0) is 6.07 Å². The van der Waals surface area contributed by atoms with Crippen molar-refractivity contribution in [2.24, 2.45) is 0 Å². The highest BCUT2D eigenvalue weighted by Gasteiger charge is 2.12. The summed E-state index contributed by atoms with van der Waals surface area (Å²) in [6, 6.07) is 3.47. The highest BCUT2D eigenvalue weighted by Crippen LogP contribution is 2.25. The first kappa shape index (κ1) is 9.60. The molecule has 2 aromatic rings. The Morgan fingerprint density at radius 2 is 2.07 bits per heavy atom. The van der Waals surface area contributed by atoms with Crippen LogP contribution in [0.15, 0.2) is 12.3 Å². The van der Waals surface area contributed by atoms with E-state index in [1.807, 2.05) is 6.07 Å². The van der Waals surface area contributed by atoms with Gasteiger partial charge in [0.15, 0.2) is 16.5 Å². The third-order valence-electron chi connectivity index (χ3n) is 1.71. The molecule has 0 N–H and O–H groups in total. The molecule has 0 saturated carbocycles. The summed E-state index contributed by atoms with van der Waals surface area (Å²) in [6.45, 7) is 0. The molecule has 0 bridgehead atoms. The van der Waals surface area contributed by atoms with Gasteiger partial charge in [0.25, 0.3) is 0 Å². The fraction of sp³-hybridized carbons (Fsp3) is 0. The minimum absolute atomic E-state index is 0.122. The number of nitriles is 1. The van der Waals surface area contributed by atoms with E-state index < -0.39 is 0 Å². The van der Waals surface area contributed by atoms with Crippen LogP contribution in [0.5, 0.6) is 0 Å². The van der Waals surface area contributed by atoms with Crippen LogP contribution in [0.3, 0.4) is 0 Å². The fourth-order valence-corrected chi connectivity index (χ4v) is 1.87. The molecule has 0 saturated heterocycles. The second-order valence-corrected chi connectivity index (χ2v) is 3.76. The molecule has 0 aliphatic heterocycles. The van der Waals surface area contributed by atoms with Gasteiger partial charge in [-0.2, -0.15) is 5.26 Å². The van der Waals surface area contributed by atoms with E-state index in [9.17, 15) is 0 Å². The Hall–Kier alpha value is -0.950. The molecule has 0 radical (unpaired) electrons. The minimum Gasteiger partial charge on any atom is -0.287 e. The molecule has 0 aliphatic carbocycles. The molecule has 0 aromatic carbocycles. The Labute approximate surface area is 94.4 Å². The number of fused-ring (bicyclic) bond motifs is 1. The van der Waals surface area contributed by atoms with Crippen molar-refractivity contribution in [3.63, 3.8) is 0 Å². The lowest BCUT2D eigenvalue weighted by atomic mass is 10.4. The topological polar surface area (TPSA) is 41.1 Å². The van der Waals surface area contributed by atoms with E-state index in [4.69, 9.17) is 40.1 Å². The lowest BCUT2D eigenvalue weighted by Gasteiger charge is -1.97. The summed E-state index contributed by atoms with van der Waals surface area (Å²) in [5.41, 5.74) is 0.656. The Kier molecular flexibility index (Phi) is 2.28. The lowest BCUT2D eigenvalue weighted by Crippen LogP contribution is -1.88. The van der Waals surface area contributed by atoms with Gasteiger partial charge >= 0.3 is 0 Å². The third-order valence-corrected chi connectivity index (χ3v) is 2.45. The lowest BCUT2D eigenvalue weighted by molar-refractivity contribution is 1.15. The van der Waals surface area contributed by atoms with Crippen LogP contribution >= 0.6 is 34.8 Å². The summed E-state index contributed by atoms with van der Waals surface area (Å²) >= 11 is 17.4. The van der Waals surface area contributed by atoms with Gasteiger partial charge in [-0.3, -0.25) is 4.40 Å². The third kappa shape index (κ3) is 1.32. The van der Waals surface area contributed by atoms with Crippen molar-refractivity contribution in [2.75, 3.05) is 0 Å². The fourth-order valence-electron chi connectivity index (χ4n) is 1.15. The molecule has 0 amide bonds. The van der Waals surface area contributed by atoms with E-state index in [1.54, 1.807) is 12.3 Å². The average molecular weight is 246 g/mol. The monoisotopic (exact) mass is 245 g/mol. The van der Waals surface area contributed by atoms with Gasteiger partial charge in [-0.1, -0.05) is 34.8 Å². The normalized spacial score (nSPS) is 10.4. The van der Waals surface area contributed by atoms with Crippen LogP contribution in [0.4, 0.5) is 0 Å². The number of rotatable bonds is 0. The van der Waals surface area contributed by atoms with Gasteiger partial charge in [0, 0.05) is 6.20 Å². The SMILES string of the molecule is N#Cc1c(Cl)nc2c(Cl)cc(Cl)cn12. The molecular formula is C8H2Cl3N3. The number of halogens is 3. The van der Waals surface area contributed by atoms with E-state index in [-0.39, 0.29) is 10.8 Å². The van der Waals surface area contributed by atoms with Crippen molar-refractivity contribution in [3.8, 4) is 6.07 Å². The first-order valence-electron chi connectivity index (χ1n) is 3.56. The van der Waals surface area contributed by atoms with Gasteiger partial charge < -0.3 is 0 Å². The molecule has 0 atom stereocenters. The summed E-state index contributed by atoms with van der Waals surface area (Å²) in [4.78, 5) is 3.94. The van der Waals surface area contributed by atoms with Gasteiger partial charge in [0.1, 0.15) is 6.07 Å². The number of imidazole rings is 1. The Bertz CT molecular complexity index is 553. The first-order valence-corrected chi connectivity index (χ1v) is 4.69. The molecular weight excluding hydrogens is 244 g/mol. The summed E-state index contributed by atoms with van der Waals surface area (Å²) in [5.74, 6) is 0.